The highest BCUT2D eigenvalue weighted by molar-refractivity contribution is 6.08. The summed E-state index contributed by atoms with van der Waals surface area (Å²) in [5.74, 6) is -0.236. The molecule has 0 radical (unpaired) electrons. The van der Waals surface area contributed by atoms with Crippen molar-refractivity contribution in [2.45, 2.75) is 32.6 Å². The Morgan fingerprint density at radius 2 is 1.90 bits per heavy atom. The van der Waals surface area contributed by atoms with E-state index in [2.05, 4.69) is 10.4 Å². The van der Waals surface area contributed by atoms with Crippen LogP contribution in [-0.2, 0) is 4.79 Å². The zero-order chi connectivity index (χ0) is 21.3. The second-order valence-corrected chi connectivity index (χ2v) is 7.28. The third-order valence-electron chi connectivity index (χ3n) is 5.10. The topological polar surface area (TPSA) is 73.2 Å². The van der Waals surface area contributed by atoms with Crippen LogP contribution in [-0.4, -0.2) is 28.1 Å². The van der Waals surface area contributed by atoms with Gasteiger partial charge in [0.05, 0.1) is 23.9 Å². The number of nitrogens with zero attached hydrogens (tertiary/aromatic N) is 2. The maximum atomic E-state index is 13.3. The zero-order valence-electron chi connectivity index (χ0n) is 16.8. The van der Waals surface area contributed by atoms with Crippen molar-refractivity contribution in [3.8, 4) is 11.4 Å². The molecule has 2 aromatic carbocycles. The van der Waals surface area contributed by atoms with Gasteiger partial charge in [-0.2, -0.15) is 5.10 Å². The number of amides is 1. The fourth-order valence-electron chi connectivity index (χ4n) is 3.68. The minimum Gasteiger partial charge on any atom is -0.494 e. The molecule has 1 aromatic heterocycles. The highest BCUT2D eigenvalue weighted by Gasteiger charge is 2.36. The Morgan fingerprint density at radius 1 is 1.20 bits per heavy atom. The number of hydrogen-bond donors (Lipinski definition) is 1. The van der Waals surface area contributed by atoms with E-state index in [9.17, 15) is 14.0 Å². The second kappa shape index (κ2) is 8.10. The van der Waals surface area contributed by atoms with Crippen LogP contribution >= 0.6 is 0 Å². The van der Waals surface area contributed by atoms with E-state index in [1.165, 1.54) is 12.1 Å². The molecular formula is C23H22FN3O3. The van der Waals surface area contributed by atoms with Crippen molar-refractivity contribution in [3.05, 3.63) is 71.2 Å². The molecule has 0 saturated carbocycles. The van der Waals surface area contributed by atoms with E-state index in [1.807, 2.05) is 6.92 Å². The van der Waals surface area contributed by atoms with Crippen molar-refractivity contribution in [1.29, 1.82) is 0 Å². The molecule has 0 saturated heterocycles. The van der Waals surface area contributed by atoms with Gasteiger partial charge in [-0.25, -0.2) is 9.07 Å². The summed E-state index contributed by atoms with van der Waals surface area (Å²) in [6.07, 6.45) is 0.952. The Kier molecular flexibility index (Phi) is 5.35. The van der Waals surface area contributed by atoms with Gasteiger partial charge in [0.15, 0.2) is 5.78 Å². The number of hydrogen-bond acceptors (Lipinski definition) is 4. The van der Waals surface area contributed by atoms with E-state index >= 15 is 0 Å². The maximum Gasteiger partial charge on any atom is 0.226 e. The highest BCUT2D eigenvalue weighted by atomic mass is 19.1. The van der Waals surface area contributed by atoms with Gasteiger partial charge in [-0.3, -0.25) is 9.59 Å². The molecule has 7 heteroatoms. The summed E-state index contributed by atoms with van der Waals surface area (Å²) >= 11 is 0. The van der Waals surface area contributed by atoms with Crippen molar-refractivity contribution in [3.63, 3.8) is 0 Å². The lowest BCUT2D eigenvalue weighted by molar-refractivity contribution is -0.116. The SMILES string of the molecule is CCCOc1ccc(C(=O)C2CC(=O)Nc3c2c(C)nn3-c2ccc(F)cc2)cc1. The van der Waals surface area contributed by atoms with E-state index in [0.717, 1.165) is 6.42 Å². The molecule has 1 aliphatic heterocycles. The largest absolute Gasteiger partial charge is 0.494 e. The predicted octanol–water partition coefficient (Wildman–Crippen LogP) is 4.42. The number of aryl methyl sites for hydroxylation is 1. The first-order valence-corrected chi connectivity index (χ1v) is 9.90. The Bertz CT molecular complexity index is 1090. The van der Waals surface area contributed by atoms with Crippen LogP contribution in [0.25, 0.3) is 5.69 Å². The summed E-state index contributed by atoms with van der Waals surface area (Å²) in [5, 5.41) is 7.33. The minimum absolute atomic E-state index is 0.0515. The summed E-state index contributed by atoms with van der Waals surface area (Å²) in [6.45, 7) is 4.44. The summed E-state index contributed by atoms with van der Waals surface area (Å²) < 4.78 is 20.4. The van der Waals surface area contributed by atoms with Crippen LogP contribution in [0.15, 0.2) is 48.5 Å². The minimum atomic E-state index is -0.634. The molecule has 2 heterocycles. The number of ketones is 1. The van der Waals surface area contributed by atoms with Gasteiger partial charge in [0.2, 0.25) is 5.91 Å². The van der Waals surface area contributed by atoms with Gasteiger partial charge < -0.3 is 10.1 Å². The number of nitrogens with one attached hydrogen (secondary N) is 1. The third kappa shape index (κ3) is 3.70. The van der Waals surface area contributed by atoms with Crippen LogP contribution in [0.2, 0.25) is 0 Å². The van der Waals surface area contributed by atoms with E-state index in [1.54, 1.807) is 48.0 Å². The van der Waals surface area contributed by atoms with Crippen LogP contribution in [0.1, 0.15) is 47.3 Å². The molecule has 0 spiro atoms. The lowest BCUT2D eigenvalue weighted by atomic mass is 9.85. The van der Waals surface area contributed by atoms with Gasteiger partial charge in [-0.1, -0.05) is 6.92 Å². The van der Waals surface area contributed by atoms with Crippen LogP contribution < -0.4 is 10.1 Å². The molecule has 154 valence electrons. The van der Waals surface area contributed by atoms with Crippen LogP contribution in [0, 0.1) is 12.7 Å². The Labute approximate surface area is 173 Å². The number of carbonyl (C=O) groups excluding carboxylic acids is 2. The first-order valence-electron chi connectivity index (χ1n) is 9.90. The Balaban J connectivity index is 1.69. The average Bonchev–Trinajstić information content (AvgIpc) is 3.08. The van der Waals surface area contributed by atoms with Gasteiger partial charge in [0, 0.05) is 17.5 Å². The van der Waals surface area contributed by atoms with Gasteiger partial charge >= 0.3 is 0 Å². The molecule has 1 N–H and O–H groups in total. The van der Waals surface area contributed by atoms with Crippen molar-refractivity contribution < 1.29 is 18.7 Å². The first-order chi connectivity index (χ1) is 14.5. The molecule has 6 nitrogen and oxygen atoms in total. The molecule has 1 unspecified atom stereocenters. The Morgan fingerprint density at radius 3 is 2.57 bits per heavy atom. The number of benzene rings is 2. The zero-order valence-corrected chi connectivity index (χ0v) is 16.8. The normalized spacial score (nSPS) is 15.4. The van der Waals surface area contributed by atoms with Crippen LogP contribution in [0.5, 0.6) is 5.75 Å². The summed E-state index contributed by atoms with van der Waals surface area (Å²) in [6, 6.07) is 12.8. The third-order valence-corrected chi connectivity index (χ3v) is 5.10. The quantitative estimate of drug-likeness (QED) is 0.614. The predicted molar refractivity (Wildman–Crippen MR) is 111 cm³/mol. The van der Waals surface area contributed by atoms with E-state index in [-0.39, 0.29) is 23.9 Å². The molecule has 1 aliphatic rings. The van der Waals surface area contributed by atoms with Gasteiger partial charge in [-0.15, -0.1) is 0 Å². The number of carbonyl (C=O) groups is 2. The standard InChI is InChI=1S/C23H22FN3O3/c1-3-12-30-18-10-4-15(5-11-18)22(29)19-13-20(28)25-23-21(19)14(2)26-27(23)17-8-6-16(24)7-9-17/h4-11,19H,3,12-13H2,1-2H3,(H,25,28). The maximum absolute atomic E-state index is 13.3. The van der Waals surface area contributed by atoms with Crippen LogP contribution in [0.4, 0.5) is 10.2 Å². The van der Waals surface area contributed by atoms with Crippen molar-refractivity contribution >= 4 is 17.5 Å². The number of anilines is 1. The fourth-order valence-corrected chi connectivity index (χ4v) is 3.68. The number of rotatable bonds is 6. The lowest BCUT2D eigenvalue weighted by Gasteiger charge is -2.23. The van der Waals surface area contributed by atoms with Crippen molar-refractivity contribution in [1.82, 2.24) is 9.78 Å². The van der Waals surface area contributed by atoms with Gasteiger partial charge in [0.1, 0.15) is 17.4 Å². The van der Waals surface area contributed by atoms with Gasteiger partial charge in [-0.05, 0) is 61.9 Å². The molecule has 4 rings (SSSR count). The fraction of sp³-hybridized carbons (Fsp3) is 0.261. The highest BCUT2D eigenvalue weighted by Crippen LogP contribution is 2.38. The average molecular weight is 407 g/mol. The van der Waals surface area contributed by atoms with Crippen LogP contribution in [0.3, 0.4) is 0 Å². The molecular weight excluding hydrogens is 385 g/mol. The molecule has 3 aromatic rings. The number of fused-ring (bicyclic) bond motifs is 1. The smallest absolute Gasteiger partial charge is 0.226 e. The first kappa shape index (κ1) is 19.8. The van der Waals surface area contributed by atoms with E-state index in [0.29, 0.717) is 40.7 Å². The lowest BCUT2D eigenvalue weighted by Crippen LogP contribution is -2.28. The second-order valence-electron chi connectivity index (χ2n) is 7.28. The molecule has 0 bridgehead atoms. The summed E-state index contributed by atoms with van der Waals surface area (Å²) in [5.41, 5.74) is 2.45. The molecule has 1 atom stereocenters. The monoisotopic (exact) mass is 407 g/mol. The number of halogens is 1. The summed E-state index contributed by atoms with van der Waals surface area (Å²) in [7, 11) is 0. The molecule has 0 fully saturated rings. The van der Waals surface area contributed by atoms with E-state index in [4.69, 9.17) is 4.74 Å². The number of aromatic nitrogens is 2. The number of ether oxygens (including phenoxy) is 1. The molecule has 1 amide bonds. The molecule has 30 heavy (non-hydrogen) atoms. The number of Topliss-reactive ketones (excluding diaryl/α,β-unsaturated/α-hetero) is 1. The van der Waals surface area contributed by atoms with Gasteiger partial charge in [0.25, 0.3) is 0 Å². The Hall–Kier alpha value is -3.48. The van der Waals surface area contributed by atoms with Crippen molar-refractivity contribution in [2.75, 3.05) is 11.9 Å². The summed E-state index contributed by atoms with van der Waals surface area (Å²) in [4.78, 5) is 25.7. The van der Waals surface area contributed by atoms with Crippen molar-refractivity contribution in [2.24, 2.45) is 0 Å². The van der Waals surface area contributed by atoms with E-state index < -0.39 is 5.92 Å². The molecule has 0 aliphatic carbocycles.